The van der Waals surface area contributed by atoms with Gasteiger partial charge in [-0.1, -0.05) is 0 Å². The zero-order valence-corrected chi connectivity index (χ0v) is 6.14. The Balaban J connectivity index is -0.00000000500. The summed E-state index contributed by atoms with van der Waals surface area (Å²) in [6, 6.07) is 0. The molecule has 0 rings (SSSR count). The summed E-state index contributed by atoms with van der Waals surface area (Å²) < 4.78 is 0. The fourth-order valence-corrected chi connectivity index (χ4v) is 0. The van der Waals surface area contributed by atoms with Crippen LogP contribution in [0.15, 0.2) is 0 Å². The summed E-state index contributed by atoms with van der Waals surface area (Å²) >= 11 is 0. The van der Waals surface area contributed by atoms with Crippen molar-refractivity contribution in [2.45, 2.75) is 0 Å². The maximum Gasteiger partial charge on any atom is 0 e. The molecule has 0 unspecified atom stereocenters. The summed E-state index contributed by atoms with van der Waals surface area (Å²) in [5, 5.41) is 12.0. The normalized spacial score (nSPS) is 1.50. The summed E-state index contributed by atoms with van der Waals surface area (Å²) in [6.45, 7) is 0. The molecule has 0 aromatic heterocycles. The molecular weight excluding hydrogens is 346 g/mol. The molecule has 2 nitrogen and oxygen atoms in total. The molecule has 4 heavy (non-hydrogen) atoms. The predicted molar refractivity (Wildman–Crippen MR) is 5.26 cm³/mol. The van der Waals surface area contributed by atoms with E-state index >= 15 is 0 Å². The summed E-state index contributed by atoms with van der Waals surface area (Å²) in [7, 11) is 0. The van der Waals surface area contributed by atoms with Crippen LogP contribution in [0.2, 0.25) is 0 Å². The van der Waals surface area contributed by atoms with E-state index in [2.05, 4.69) is 0 Å². The average Bonchev–Trinajstić information content (AvgIpc) is 1.00. The van der Waals surface area contributed by atoms with Crippen LogP contribution in [-0.4, -0.2) is 10.5 Å². The van der Waals surface area contributed by atoms with Crippen molar-refractivity contribution in [3.63, 3.8) is 0 Å². The monoisotopic (exact) mass is 350 g/mol. The molecule has 0 spiro atoms. The molecule has 0 radical (unpaired) electrons. The Hall–Kier alpha value is 2.57. The third kappa shape index (κ3) is 8.82. The van der Waals surface area contributed by atoms with Crippen LogP contribution in [0.5, 0.6) is 0 Å². The van der Waals surface area contributed by atoms with Gasteiger partial charge in [0, 0.05) is 79.9 Å². The quantitative estimate of drug-likeness (QED) is 0.479. The second kappa shape index (κ2) is 17.6. The van der Waals surface area contributed by atoms with Crippen molar-refractivity contribution in [2.24, 2.45) is 0 Å². The third-order valence-corrected chi connectivity index (χ3v) is 0. The van der Waals surface area contributed by atoms with Gasteiger partial charge in [-0.15, -0.1) is 0 Å². The van der Waals surface area contributed by atoms with Crippen LogP contribution < -0.4 is 0 Å². The molecule has 0 fully saturated rings. The Morgan fingerprint density at radius 2 is 0.750 bits per heavy atom. The van der Waals surface area contributed by atoms with Crippen LogP contribution >= 0.6 is 0 Å². The molecule has 0 aliphatic carbocycles. The van der Waals surface area contributed by atoms with Gasteiger partial charge in [0.15, 0.2) is 0 Å². The molecule has 0 amide bonds. The van der Waals surface area contributed by atoms with Crippen LogP contribution in [0.25, 0.3) is 0 Å². The second-order valence-corrected chi connectivity index (χ2v) is 0. The van der Waals surface area contributed by atoms with Gasteiger partial charge >= 0.3 is 0 Å². The minimum atomic E-state index is 0. The molecule has 0 atom stereocenters. The first kappa shape index (κ1) is 16.0. The molecule has 0 bridgehead atoms. The molecule has 0 saturated carbocycles. The van der Waals surface area contributed by atoms with Crippen molar-refractivity contribution in [2.75, 3.05) is 0 Å². The van der Waals surface area contributed by atoms with E-state index in [-0.39, 0.29) is 79.9 Å². The van der Waals surface area contributed by atoms with E-state index < -0.39 is 0 Å². The van der Waals surface area contributed by atoms with Crippen molar-refractivity contribution < 1.29 is 90.4 Å². The standard InChI is InChI=1S/2Gd.H2O2/c;;1-2/h;;1-2H. The molecular formula is H2Gd2O2. The van der Waals surface area contributed by atoms with Gasteiger partial charge in [0.25, 0.3) is 0 Å². The van der Waals surface area contributed by atoms with Crippen molar-refractivity contribution >= 4 is 0 Å². The number of hydrogen-bond acceptors (Lipinski definition) is 2. The van der Waals surface area contributed by atoms with Crippen molar-refractivity contribution in [3.8, 4) is 0 Å². The van der Waals surface area contributed by atoms with Gasteiger partial charge in [-0.05, 0) is 0 Å². The van der Waals surface area contributed by atoms with Crippen LogP contribution in [0, 0.1) is 79.9 Å². The molecule has 0 aliphatic rings. The molecule has 0 aliphatic heterocycles. The van der Waals surface area contributed by atoms with Gasteiger partial charge in [0.1, 0.15) is 0 Å². The molecule has 0 heterocycles. The first-order valence-electron chi connectivity index (χ1n) is 0.200. The Labute approximate surface area is 88.3 Å². The van der Waals surface area contributed by atoms with Gasteiger partial charge in [0.2, 0.25) is 0 Å². The van der Waals surface area contributed by atoms with E-state index in [1.165, 1.54) is 0 Å². The molecule has 2 N–H and O–H groups in total. The predicted octanol–water partition coefficient (Wildman–Crippen LogP) is 0.0174. The van der Waals surface area contributed by atoms with Crippen LogP contribution in [-0.2, 0) is 0 Å². The van der Waals surface area contributed by atoms with E-state index in [1.807, 2.05) is 0 Å². The largest absolute Gasteiger partial charge is 0.255 e. The Morgan fingerprint density at radius 1 is 0.750 bits per heavy atom. The van der Waals surface area contributed by atoms with E-state index in [1.54, 1.807) is 0 Å². The first-order valence-corrected chi connectivity index (χ1v) is 0.200. The summed E-state index contributed by atoms with van der Waals surface area (Å²) in [5.74, 6) is 0. The van der Waals surface area contributed by atoms with Gasteiger partial charge < -0.3 is 0 Å². The summed E-state index contributed by atoms with van der Waals surface area (Å²) in [4.78, 5) is 0. The topological polar surface area (TPSA) is 40.5 Å². The Morgan fingerprint density at radius 3 is 0.750 bits per heavy atom. The zero-order chi connectivity index (χ0) is 2.00. The molecule has 0 saturated heterocycles. The van der Waals surface area contributed by atoms with Gasteiger partial charge in [-0.2, -0.15) is 0 Å². The zero-order valence-electron chi connectivity index (χ0n) is 1.60. The van der Waals surface area contributed by atoms with E-state index in [0.717, 1.165) is 0 Å². The van der Waals surface area contributed by atoms with Gasteiger partial charge in [0.05, 0.1) is 0 Å². The van der Waals surface area contributed by atoms with E-state index in [4.69, 9.17) is 10.5 Å². The smallest absolute Gasteiger partial charge is 0 e. The second-order valence-electron chi connectivity index (χ2n) is 0. The maximum absolute atomic E-state index is 6.00. The Bertz CT molecular complexity index is 4.00. The third-order valence-electron chi connectivity index (χ3n) is 0. The van der Waals surface area contributed by atoms with Crippen molar-refractivity contribution in [3.05, 3.63) is 0 Å². The van der Waals surface area contributed by atoms with E-state index in [0.29, 0.717) is 0 Å². The maximum atomic E-state index is 6.00. The van der Waals surface area contributed by atoms with Crippen LogP contribution in [0.3, 0.4) is 0 Å². The fourth-order valence-electron chi connectivity index (χ4n) is 0. The first-order chi connectivity index (χ1) is 1.00. The van der Waals surface area contributed by atoms with Crippen molar-refractivity contribution in [1.29, 1.82) is 0 Å². The SMILES string of the molecule is OO.[Gd].[Gd]. The van der Waals surface area contributed by atoms with Gasteiger partial charge in [-0.3, -0.25) is 10.5 Å². The fraction of sp³-hybridized carbons (Fsp3) is 0. The minimum Gasteiger partial charge on any atom is -0.255 e. The number of hydrogen-bond donors (Lipinski definition) is 2. The van der Waals surface area contributed by atoms with E-state index in [9.17, 15) is 0 Å². The average molecular weight is 349 g/mol. The summed E-state index contributed by atoms with van der Waals surface area (Å²) in [6.07, 6.45) is 0. The summed E-state index contributed by atoms with van der Waals surface area (Å²) in [5.41, 5.74) is 0. The molecule has 30 valence electrons. The minimum absolute atomic E-state index is 0. The van der Waals surface area contributed by atoms with Crippen LogP contribution in [0.4, 0.5) is 0 Å². The molecule has 0 aromatic rings. The van der Waals surface area contributed by atoms with Gasteiger partial charge in [-0.25, -0.2) is 0 Å². The number of rotatable bonds is 0. The molecule has 0 aromatic carbocycles. The molecule has 4 heteroatoms. The van der Waals surface area contributed by atoms with Crippen LogP contribution in [0.1, 0.15) is 0 Å². The van der Waals surface area contributed by atoms with Crippen molar-refractivity contribution in [1.82, 2.24) is 0 Å². The Kier molecular flexibility index (Phi) is 70.4.